The van der Waals surface area contributed by atoms with E-state index in [4.69, 9.17) is 4.74 Å². The number of benzene rings is 2. The standard InChI is InChI=1S/C23H25N3O3/c1-15(27)25-22(12-17-13-24-21-6-4-3-5-20(17)21)23(28)26-10-9-16-7-8-19(29-2)11-18(16)14-26/h3-8,11,13,22,24H,9-10,12,14H2,1-2H3,(H,25,27). The van der Waals surface area contributed by atoms with Crippen LogP contribution in [0.15, 0.2) is 48.7 Å². The topological polar surface area (TPSA) is 74.4 Å². The number of ether oxygens (including phenoxy) is 1. The minimum absolute atomic E-state index is 0.0565. The smallest absolute Gasteiger partial charge is 0.245 e. The lowest BCUT2D eigenvalue weighted by Crippen LogP contribution is -2.50. The maximum Gasteiger partial charge on any atom is 0.245 e. The summed E-state index contributed by atoms with van der Waals surface area (Å²) in [7, 11) is 1.64. The molecule has 1 aliphatic heterocycles. The van der Waals surface area contributed by atoms with Gasteiger partial charge in [0.25, 0.3) is 0 Å². The Hall–Kier alpha value is -3.28. The quantitative estimate of drug-likeness (QED) is 0.702. The van der Waals surface area contributed by atoms with Crippen LogP contribution in [0.1, 0.15) is 23.6 Å². The average Bonchev–Trinajstić information content (AvgIpc) is 3.14. The molecule has 6 nitrogen and oxygen atoms in total. The molecule has 1 aromatic heterocycles. The molecule has 4 rings (SSSR count). The lowest BCUT2D eigenvalue weighted by molar-refractivity contribution is -0.136. The highest BCUT2D eigenvalue weighted by Gasteiger charge is 2.29. The van der Waals surface area contributed by atoms with Gasteiger partial charge in [-0.25, -0.2) is 0 Å². The van der Waals surface area contributed by atoms with Gasteiger partial charge in [0.15, 0.2) is 0 Å². The molecule has 0 radical (unpaired) electrons. The molecule has 2 aromatic carbocycles. The summed E-state index contributed by atoms with van der Waals surface area (Å²) in [4.78, 5) is 30.2. The number of nitrogens with zero attached hydrogens (tertiary/aromatic N) is 1. The lowest BCUT2D eigenvalue weighted by atomic mass is 9.97. The zero-order valence-electron chi connectivity index (χ0n) is 16.7. The van der Waals surface area contributed by atoms with E-state index in [1.807, 2.05) is 47.5 Å². The fraction of sp³-hybridized carbons (Fsp3) is 0.304. The van der Waals surface area contributed by atoms with Crippen molar-refractivity contribution in [2.75, 3.05) is 13.7 Å². The van der Waals surface area contributed by atoms with E-state index in [2.05, 4.69) is 16.4 Å². The molecule has 3 aromatic rings. The first-order valence-corrected chi connectivity index (χ1v) is 9.82. The van der Waals surface area contributed by atoms with Gasteiger partial charge in [0.2, 0.25) is 11.8 Å². The fourth-order valence-electron chi connectivity index (χ4n) is 4.03. The number of methoxy groups -OCH3 is 1. The van der Waals surface area contributed by atoms with E-state index >= 15 is 0 Å². The molecule has 29 heavy (non-hydrogen) atoms. The number of nitrogens with one attached hydrogen (secondary N) is 2. The molecule has 0 fully saturated rings. The van der Waals surface area contributed by atoms with Crippen molar-refractivity contribution in [2.24, 2.45) is 0 Å². The van der Waals surface area contributed by atoms with E-state index in [1.54, 1.807) is 7.11 Å². The second kappa shape index (κ2) is 7.99. The monoisotopic (exact) mass is 391 g/mol. The molecule has 1 unspecified atom stereocenters. The van der Waals surface area contributed by atoms with Crippen LogP contribution in [0.3, 0.4) is 0 Å². The molecule has 0 aliphatic carbocycles. The van der Waals surface area contributed by atoms with E-state index in [9.17, 15) is 9.59 Å². The van der Waals surface area contributed by atoms with Gasteiger partial charge in [-0.3, -0.25) is 9.59 Å². The summed E-state index contributed by atoms with van der Waals surface area (Å²) in [5, 5.41) is 3.93. The third-order valence-corrected chi connectivity index (χ3v) is 5.51. The Morgan fingerprint density at radius 2 is 2.03 bits per heavy atom. The molecule has 1 atom stereocenters. The first kappa shape index (κ1) is 19.1. The highest BCUT2D eigenvalue weighted by Crippen LogP contribution is 2.25. The zero-order valence-corrected chi connectivity index (χ0v) is 16.7. The van der Waals surface area contributed by atoms with Crippen LogP contribution < -0.4 is 10.1 Å². The molecule has 2 amide bonds. The Morgan fingerprint density at radius 3 is 2.83 bits per heavy atom. The van der Waals surface area contributed by atoms with Gasteiger partial charge in [0.1, 0.15) is 11.8 Å². The first-order chi connectivity index (χ1) is 14.0. The van der Waals surface area contributed by atoms with Gasteiger partial charge in [0.05, 0.1) is 7.11 Å². The number of fused-ring (bicyclic) bond motifs is 2. The lowest BCUT2D eigenvalue weighted by Gasteiger charge is -2.32. The van der Waals surface area contributed by atoms with E-state index in [0.717, 1.165) is 34.2 Å². The van der Waals surface area contributed by atoms with Crippen LogP contribution in [0.25, 0.3) is 10.9 Å². The van der Waals surface area contributed by atoms with Crippen LogP contribution in [0.2, 0.25) is 0 Å². The number of para-hydroxylation sites is 1. The molecule has 0 saturated carbocycles. The van der Waals surface area contributed by atoms with Crippen molar-refractivity contribution in [3.63, 3.8) is 0 Å². The Bertz CT molecular complexity index is 1060. The molecule has 1 aliphatic rings. The summed E-state index contributed by atoms with van der Waals surface area (Å²) < 4.78 is 5.32. The molecule has 2 heterocycles. The Labute approximate surface area is 169 Å². The second-order valence-electron chi connectivity index (χ2n) is 7.46. The number of hydrogen-bond acceptors (Lipinski definition) is 3. The fourth-order valence-corrected chi connectivity index (χ4v) is 4.03. The van der Waals surface area contributed by atoms with E-state index in [-0.39, 0.29) is 11.8 Å². The Morgan fingerprint density at radius 1 is 1.21 bits per heavy atom. The Kier molecular flexibility index (Phi) is 5.25. The largest absolute Gasteiger partial charge is 0.497 e. The minimum Gasteiger partial charge on any atom is -0.497 e. The minimum atomic E-state index is -0.598. The number of H-pyrrole nitrogens is 1. The first-order valence-electron chi connectivity index (χ1n) is 9.82. The summed E-state index contributed by atoms with van der Waals surface area (Å²) in [6.45, 7) is 2.61. The zero-order chi connectivity index (χ0) is 20.4. The molecule has 0 spiro atoms. The van der Waals surface area contributed by atoms with Crippen LogP contribution in [-0.4, -0.2) is 41.4 Å². The summed E-state index contributed by atoms with van der Waals surface area (Å²) in [5.74, 6) is 0.525. The number of aromatic amines is 1. The van der Waals surface area contributed by atoms with Crippen molar-refractivity contribution in [2.45, 2.75) is 32.4 Å². The SMILES string of the molecule is COc1ccc2c(c1)CN(C(=O)C(Cc1c[nH]c3ccccc13)NC(C)=O)CC2. The van der Waals surface area contributed by atoms with Gasteiger partial charge in [-0.15, -0.1) is 0 Å². The van der Waals surface area contributed by atoms with E-state index in [0.29, 0.717) is 19.5 Å². The molecular weight excluding hydrogens is 366 g/mol. The van der Waals surface area contributed by atoms with Crippen LogP contribution in [-0.2, 0) is 29.0 Å². The van der Waals surface area contributed by atoms with Gasteiger partial charge < -0.3 is 19.9 Å². The van der Waals surface area contributed by atoms with Crippen LogP contribution >= 0.6 is 0 Å². The second-order valence-corrected chi connectivity index (χ2v) is 7.46. The van der Waals surface area contributed by atoms with Crippen molar-refractivity contribution in [1.82, 2.24) is 15.2 Å². The summed E-state index contributed by atoms with van der Waals surface area (Å²) in [6.07, 6.45) is 3.16. The maximum absolute atomic E-state index is 13.3. The average molecular weight is 391 g/mol. The third-order valence-electron chi connectivity index (χ3n) is 5.51. The number of rotatable bonds is 5. The highest BCUT2D eigenvalue weighted by molar-refractivity contribution is 5.89. The van der Waals surface area contributed by atoms with Crippen molar-refractivity contribution in [3.8, 4) is 5.75 Å². The van der Waals surface area contributed by atoms with Crippen molar-refractivity contribution in [1.29, 1.82) is 0 Å². The Balaban J connectivity index is 1.56. The highest BCUT2D eigenvalue weighted by atomic mass is 16.5. The number of carbonyl (C=O) groups excluding carboxylic acids is 2. The molecule has 150 valence electrons. The maximum atomic E-state index is 13.3. The molecule has 0 bridgehead atoms. The predicted octanol–water partition coefficient (Wildman–Crippen LogP) is 2.81. The van der Waals surface area contributed by atoms with Crippen molar-refractivity contribution >= 4 is 22.7 Å². The molecule has 0 saturated heterocycles. The molecule has 6 heteroatoms. The number of amides is 2. The molecule has 2 N–H and O–H groups in total. The van der Waals surface area contributed by atoms with Gasteiger partial charge in [-0.2, -0.15) is 0 Å². The van der Waals surface area contributed by atoms with Crippen molar-refractivity contribution in [3.05, 3.63) is 65.4 Å². The van der Waals surface area contributed by atoms with E-state index in [1.165, 1.54) is 12.5 Å². The van der Waals surface area contributed by atoms with Gasteiger partial charge in [-0.1, -0.05) is 24.3 Å². The summed E-state index contributed by atoms with van der Waals surface area (Å²) >= 11 is 0. The van der Waals surface area contributed by atoms with Crippen LogP contribution in [0.5, 0.6) is 5.75 Å². The van der Waals surface area contributed by atoms with Crippen LogP contribution in [0, 0.1) is 0 Å². The van der Waals surface area contributed by atoms with Gasteiger partial charge >= 0.3 is 0 Å². The van der Waals surface area contributed by atoms with Crippen LogP contribution in [0.4, 0.5) is 0 Å². The van der Waals surface area contributed by atoms with Gasteiger partial charge in [0, 0.05) is 43.5 Å². The van der Waals surface area contributed by atoms with Gasteiger partial charge in [-0.05, 0) is 41.3 Å². The van der Waals surface area contributed by atoms with Crippen molar-refractivity contribution < 1.29 is 14.3 Å². The summed E-state index contributed by atoms with van der Waals surface area (Å²) in [6, 6.07) is 13.4. The number of aromatic nitrogens is 1. The third kappa shape index (κ3) is 3.97. The molecular formula is C23H25N3O3. The normalized spacial score (nSPS) is 14.3. The number of hydrogen-bond donors (Lipinski definition) is 2. The number of carbonyl (C=O) groups is 2. The predicted molar refractivity (Wildman–Crippen MR) is 112 cm³/mol. The summed E-state index contributed by atoms with van der Waals surface area (Å²) in [5.41, 5.74) is 4.38. The van der Waals surface area contributed by atoms with E-state index < -0.39 is 6.04 Å².